The summed E-state index contributed by atoms with van der Waals surface area (Å²) in [5.74, 6) is 0.596. The summed E-state index contributed by atoms with van der Waals surface area (Å²) in [6, 6.07) is 21.6. The molecule has 0 saturated carbocycles. The first-order chi connectivity index (χ1) is 20.7. The van der Waals surface area contributed by atoms with Gasteiger partial charge in [-0.25, -0.2) is 4.79 Å². The number of ether oxygens (including phenoxy) is 1. The number of nitrogens with one attached hydrogen (secondary N) is 1. The summed E-state index contributed by atoms with van der Waals surface area (Å²) < 4.78 is 5.42. The first-order valence-corrected chi connectivity index (χ1v) is 15.7. The van der Waals surface area contributed by atoms with Crippen LogP contribution in [0.2, 0.25) is 0 Å². The number of nitrogens with zero attached hydrogens (tertiary/aromatic N) is 2. The van der Waals surface area contributed by atoms with E-state index < -0.39 is 11.7 Å². The highest BCUT2D eigenvalue weighted by Gasteiger charge is 2.37. The third kappa shape index (κ3) is 8.07. The van der Waals surface area contributed by atoms with Gasteiger partial charge in [-0.05, 0) is 112 Å². The van der Waals surface area contributed by atoms with Crippen molar-refractivity contribution in [2.75, 3.05) is 15.1 Å². The SMILES string of the molecule is CC(=O)N(c1ccc(CCCC(C)C)cc1)[C@@H]1C[C@H](C)N(C(C)=O)c2ccc(-c3cccc(NC(=O)OC(C)(C)C)c3)cc21. The number of hydrogen-bond donors (Lipinski definition) is 1. The van der Waals surface area contributed by atoms with Crippen LogP contribution < -0.4 is 15.1 Å². The number of carbonyl (C=O) groups excluding carboxylic acids is 3. The number of anilines is 3. The molecular weight excluding hydrogens is 550 g/mol. The molecule has 3 aromatic rings. The number of fused-ring (bicyclic) bond motifs is 1. The van der Waals surface area contributed by atoms with Gasteiger partial charge in [0.15, 0.2) is 0 Å². The zero-order chi connectivity index (χ0) is 32.2. The van der Waals surface area contributed by atoms with Gasteiger partial charge in [-0.15, -0.1) is 0 Å². The highest BCUT2D eigenvalue weighted by molar-refractivity contribution is 5.97. The molecule has 0 aromatic heterocycles. The zero-order valence-corrected chi connectivity index (χ0v) is 27.4. The van der Waals surface area contributed by atoms with Crippen LogP contribution in [0.3, 0.4) is 0 Å². The van der Waals surface area contributed by atoms with E-state index in [4.69, 9.17) is 4.74 Å². The average molecular weight is 598 g/mol. The number of amides is 3. The van der Waals surface area contributed by atoms with Crippen LogP contribution >= 0.6 is 0 Å². The summed E-state index contributed by atoms with van der Waals surface area (Å²) in [5.41, 5.74) is 5.66. The predicted molar refractivity (Wildman–Crippen MR) is 179 cm³/mol. The average Bonchev–Trinajstić information content (AvgIpc) is 2.92. The fourth-order valence-electron chi connectivity index (χ4n) is 6.05. The quantitative estimate of drug-likeness (QED) is 0.281. The fraction of sp³-hybridized carbons (Fsp3) is 0.432. The van der Waals surface area contributed by atoms with E-state index in [1.54, 1.807) is 13.8 Å². The minimum atomic E-state index is -0.606. The van der Waals surface area contributed by atoms with E-state index >= 15 is 0 Å². The van der Waals surface area contributed by atoms with Crippen LogP contribution in [0.1, 0.15) is 91.8 Å². The summed E-state index contributed by atoms with van der Waals surface area (Å²) in [6.07, 6.45) is 3.42. The normalized spacial score (nSPS) is 16.3. The largest absolute Gasteiger partial charge is 0.444 e. The van der Waals surface area contributed by atoms with E-state index in [1.807, 2.05) is 86.0 Å². The Morgan fingerprint density at radius 3 is 2.27 bits per heavy atom. The number of carbonyl (C=O) groups is 3. The van der Waals surface area contributed by atoms with Crippen molar-refractivity contribution in [3.63, 3.8) is 0 Å². The molecule has 0 aliphatic carbocycles. The lowest BCUT2D eigenvalue weighted by molar-refractivity contribution is -0.117. The standard InChI is InChI=1S/C37H47N3O4/c1-24(2)11-9-12-28-15-18-32(19-16-28)40(27(5)42)35-21-25(3)39(26(4)41)34-20-17-30(23-33(34)35)29-13-10-14-31(22-29)38-36(43)44-37(6,7)8/h10,13-20,22-25,35H,9,11-12,21H2,1-8H3,(H,38,43)/t25-,35+/m0/s1. The molecule has 2 atom stereocenters. The highest BCUT2D eigenvalue weighted by Crippen LogP contribution is 2.44. The lowest BCUT2D eigenvalue weighted by Gasteiger charge is -2.43. The van der Waals surface area contributed by atoms with Gasteiger partial charge >= 0.3 is 6.09 Å². The van der Waals surface area contributed by atoms with E-state index in [0.29, 0.717) is 18.0 Å². The van der Waals surface area contributed by atoms with Crippen LogP contribution in [-0.2, 0) is 20.7 Å². The van der Waals surface area contributed by atoms with Gasteiger partial charge in [-0.3, -0.25) is 14.9 Å². The van der Waals surface area contributed by atoms with Crippen molar-refractivity contribution in [2.24, 2.45) is 5.92 Å². The molecule has 234 valence electrons. The third-order valence-corrected chi connectivity index (χ3v) is 7.94. The van der Waals surface area contributed by atoms with Crippen LogP contribution in [0.15, 0.2) is 66.7 Å². The molecule has 1 aliphatic heterocycles. The first-order valence-electron chi connectivity index (χ1n) is 15.7. The predicted octanol–water partition coefficient (Wildman–Crippen LogP) is 8.92. The van der Waals surface area contributed by atoms with Crippen molar-refractivity contribution < 1.29 is 19.1 Å². The van der Waals surface area contributed by atoms with E-state index in [9.17, 15) is 14.4 Å². The molecule has 1 aliphatic rings. The van der Waals surface area contributed by atoms with Gasteiger partial charge in [0.2, 0.25) is 11.8 Å². The minimum absolute atomic E-state index is 0.0337. The zero-order valence-electron chi connectivity index (χ0n) is 27.4. The molecule has 1 heterocycles. The summed E-state index contributed by atoms with van der Waals surface area (Å²) in [6.45, 7) is 15.2. The Balaban J connectivity index is 1.71. The van der Waals surface area contributed by atoms with E-state index in [-0.39, 0.29) is 23.9 Å². The Morgan fingerprint density at radius 2 is 1.66 bits per heavy atom. The van der Waals surface area contributed by atoms with Crippen LogP contribution in [0.5, 0.6) is 0 Å². The second kappa shape index (κ2) is 13.7. The lowest BCUT2D eigenvalue weighted by atomic mass is 9.87. The van der Waals surface area contributed by atoms with Crippen LogP contribution in [0.4, 0.5) is 21.9 Å². The van der Waals surface area contributed by atoms with E-state index in [1.165, 1.54) is 12.0 Å². The van der Waals surface area contributed by atoms with Crippen LogP contribution in [-0.4, -0.2) is 29.6 Å². The fourth-order valence-corrected chi connectivity index (χ4v) is 6.05. The molecule has 0 spiro atoms. The van der Waals surface area contributed by atoms with Gasteiger partial charge in [-0.1, -0.05) is 50.6 Å². The molecule has 44 heavy (non-hydrogen) atoms. The second-order valence-corrected chi connectivity index (χ2v) is 13.3. The second-order valence-electron chi connectivity index (χ2n) is 13.3. The highest BCUT2D eigenvalue weighted by atomic mass is 16.6. The van der Waals surface area contributed by atoms with Gasteiger partial charge in [0.25, 0.3) is 0 Å². The first kappa shape index (κ1) is 32.8. The number of aryl methyl sites for hydroxylation is 1. The Bertz CT molecular complexity index is 1490. The molecule has 0 unspecified atom stereocenters. The van der Waals surface area contributed by atoms with Crippen LogP contribution in [0, 0.1) is 5.92 Å². The summed E-state index contributed by atoms with van der Waals surface area (Å²) in [7, 11) is 0. The summed E-state index contributed by atoms with van der Waals surface area (Å²) in [5, 5.41) is 2.82. The Kier molecular flexibility index (Phi) is 10.2. The maximum atomic E-state index is 13.3. The molecule has 0 bridgehead atoms. The van der Waals surface area contributed by atoms with E-state index in [0.717, 1.165) is 40.9 Å². The van der Waals surface area contributed by atoms with Crippen molar-refractivity contribution >= 4 is 35.0 Å². The number of benzene rings is 3. The molecule has 0 fully saturated rings. The maximum absolute atomic E-state index is 13.3. The number of rotatable bonds is 8. The number of hydrogen-bond acceptors (Lipinski definition) is 4. The topological polar surface area (TPSA) is 79.0 Å². The Hall–Kier alpha value is -4.13. The Morgan fingerprint density at radius 1 is 0.977 bits per heavy atom. The van der Waals surface area contributed by atoms with Gasteiger partial charge in [0, 0.05) is 37.0 Å². The molecule has 0 radical (unpaired) electrons. The molecule has 3 amide bonds. The van der Waals surface area contributed by atoms with Gasteiger partial charge in [0.05, 0.1) is 6.04 Å². The van der Waals surface area contributed by atoms with Gasteiger partial charge < -0.3 is 14.5 Å². The van der Waals surface area contributed by atoms with Crippen LogP contribution in [0.25, 0.3) is 11.1 Å². The van der Waals surface area contributed by atoms with Crippen molar-refractivity contribution in [1.29, 1.82) is 0 Å². The van der Waals surface area contributed by atoms with Crippen molar-refractivity contribution in [3.8, 4) is 11.1 Å². The van der Waals surface area contributed by atoms with Crippen molar-refractivity contribution in [3.05, 3.63) is 77.9 Å². The molecule has 0 saturated heterocycles. The maximum Gasteiger partial charge on any atom is 0.412 e. The third-order valence-electron chi connectivity index (χ3n) is 7.94. The monoisotopic (exact) mass is 597 g/mol. The lowest BCUT2D eigenvalue weighted by Crippen LogP contribution is -2.46. The molecule has 3 aromatic carbocycles. The molecule has 4 rings (SSSR count). The molecule has 7 heteroatoms. The molecule has 7 nitrogen and oxygen atoms in total. The van der Waals surface area contributed by atoms with E-state index in [2.05, 4.69) is 37.4 Å². The smallest absolute Gasteiger partial charge is 0.412 e. The molecular formula is C37H47N3O4. The van der Waals surface area contributed by atoms with Gasteiger partial charge in [0.1, 0.15) is 5.60 Å². The Labute approximate surface area is 262 Å². The summed E-state index contributed by atoms with van der Waals surface area (Å²) in [4.78, 5) is 42.2. The van der Waals surface area contributed by atoms with Gasteiger partial charge in [-0.2, -0.15) is 0 Å². The summed E-state index contributed by atoms with van der Waals surface area (Å²) >= 11 is 0. The minimum Gasteiger partial charge on any atom is -0.444 e. The van der Waals surface area contributed by atoms with Crippen molar-refractivity contribution in [1.82, 2.24) is 0 Å². The van der Waals surface area contributed by atoms with Crippen molar-refractivity contribution in [2.45, 2.75) is 98.8 Å². The molecule has 1 N–H and O–H groups in total.